The number of imidazole rings is 1. The molecule has 0 atom stereocenters. The summed E-state index contributed by atoms with van der Waals surface area (Å²) in [6.07, 6.45) is 2.75. The lowest BCUT2D eigenvalue weighted by Crippen LogP contribution is -1.97. The third kappa shape index (κ3) is 2.93. The number of rotatable bonds is 5. The highest BCUT2D eigenvalue weighted by atomic mass is 16.5. The summed E-state index contributed by atoms with van der Waals surface area (Å²) in [5, 5.41) is 0. The van der Waals surface area contributed by atoms with Crippen LogP contribution in [0.5, 0.6) is 0 Å². The zero-order valence-corrected chi connectivity index (χ0v) is 9.94. The maximum absolute atomic E-state index is 5.51. The van der Waals surface area contributed by atoms with Crippen LogP contribution in [0.25, 0.3) is 11.3 Å². The largest absolute Gasteiger partial charge is 0.384 e. The quantitative estimate of drug-likeness (QED) is 0.823. The van der Waals surface area contributed by atoms with Gasteiger partial charge in [0.1, 0.15) is 5.82 Å². The van der Waals surface area contributed by atoms with Crippen molar-refractivity contribution in [1.82, 2.24) is 9.97 Å². The molecule has 0 saturated carbocycles. The van der Waals surface area contributed by atoms with Crippen molar-refractivity contribution in [3.63, 3.8) is 0 Å². The third-order valence-corrected chi connectivity index (χ3v) is 2.68. The number of hydrogen-bond acceptors (Lipinski definition) is 3. The molecule has 0 aliphatic rings. The molecule has 1 aromatic carbocycles. The van der Waals surface area contributed by atoms with Crippen molar-refractivity contribution >= 4 is 0 Å². The predicted octanol–water partition coefficient (Wildman–Crippen LogP) is 1.72. The van der Waals surface area contributed by atoms with Gasteiger partial charge in [0.2, 0.25) is 0 Å². The number of H-pyrrole nitrogens is 1. The fourth-order valence-electron chi connectivity index (χ4n) is 1.68. The Morgan fingerprint density at radius 1 is 1.29 bits per heavy atom. The summed E-state index contributed by atoms with van der Waals surface area (Å²) in [6, 6.07) is 8.38. The molecule has 0 fully saturated rings. The molecule has 1 heterocycles. The van der Waals surface area contributed by atoms with E-state index in [1.165, 1.54) is 5.56 Å². The molecule has 1 aromatic heterocycles. The van der Waals surface area contributed by atoms with Gasteiger partial charge in [-0.2, -0.15) is 0 Å². The lowest BCUT2D eigenvalue weighted by atomic mass is 10.1. The van der Waals surface area contributed by atoms with Crippen molar-refractivity contribution in [3.8, 4) is 11.3 Å². The Hall–Kier alpha value is -1.65. The van der Waals surface area contributed by atoms with Gasteiger partial charge in [0.25, 0.3) is 0 Å². The molecule has 0 saturated heterocycles. The molecule has 0 bridgehead atoms. The first-order valence-corrected chi connectivity index (χ1v) is 5.65. The van der Waals surface area contributed by atoms with Gasteiger partial charge in [-0.25, -0.2) is 4.98 Å². The Kier molecular flexibility index (Phi) is 3.90. The normalized spacial score (nSPS) is 10.7. The lowest BCUT2D eigenvalue weighted by molar-refractivity contribution is 0.202. The van der Waals surface area contributed by atoms with Gasteiger partial charge in [0, 0.05) is 7.11 Å². The fraction of sp³-hybridized carbons (Fsp3) is 0.308. The zero-order chi connectivity index (χ0) is 12.1. The SMILES string of the molecule is COCCc1ccc(-c2cnc(CN)[nH]2)cc1. The van der Waals surface area contributed by atoms with Crippen molar-refractivity contribution in [3.05, 3.63) is 41.9 Å². The van der Waals surface area contributed by atoms with Crippen molar-refractivity contribution in [2.75, 3.05) is 13.7 Å². The molecule has 17 heavy (non-hydrogen) atoms. The summed E-state index contributed by atoms with van der Waals surface area (Å²) >= 11 is 0. The van der Waals surface area contributed by atoms with Crippen LogP contribution in [0.3, 0.4) is 0 Å². The van der Waals surface area contributed by atoms with E-state index in [1.807, 2.05) is 6.20 Å². The first kappa shape index (κ1) is 11.8. The number of nitrogens with two attached hydrogens (primary N) is 1. The minimum absolute atomic E-state index is 0.436. The van der Waals surface area contributed by atoms with Crippen LogP contribution in [0, 0.1) is 0 Å². The first-order chi connectivity index (χ1) is 8.33. The van der Waals surface area contributed by atoms with E-state index >= 15 is 0 Å². The summed E-state index contributed by atoms with van der Waals surface area (Å²) < 4.78 is 5.05. The van der Waals surface area contributed by atoms with E-state index < -0.39 is 0 Å². The van der Waals surface area contributed by atoms with Crippen LogP contribution in [0.15, 0.2) is 30.5 Å². The van der Waals surface area contributed by atoms with Crippen LogP contribution < -0.4 is 5.73 Å². The first-order valence-electron chi connectivity index (χ1n) is 5.65. The van der Waals surface area contributed by atoms with E-state index in [2.05, 4.69) is 34.2 Å². The van der Waals surface area contributed by atoms with Crippen LogP contribution in [-0.2, 0) is 17.7 Å². The van der Waals surface area contributed by atoms with Crippen LogP contribution in [-0.4, -0.2) is 23.7 Å². The van der Waals surface area contributed by atoms with Crippen LogP contribution in [0.2, 0.25) is 0 Å². The zero-order valence-electron chi connectivity index (χ0n) is 9.94. The minimum Gasteiger partial charge on any atom is -0.384 e. The van der Waals surface area contributed by atoms with Gasteiger partial charge in [0.05, 0.1) is 25.0 Å². The number of benzene rings is 1. The van der Waals surface area contributed by atoms with Gasteiger partial charge in [-0.3, -0.25) is 0 Å². The van der Waals surface area contributed by atoms with Gasteiger partial charge in [-0.1, -0.05) is 24.3 Å². The molecule has 2 rings (SSSR count). The molecule has 0 aliphatic heterocycles. The van der Waals surface area contributed by atoms with Crippen LogP contribution in [0.4, 0.5) is 0 Å². The van der Waals surface area contributed by atoms with Gasteiger partial charge >= 0.3 is 0 Å². The number of nitrogens with zero attached hydrogens (tertiary/aromatic N) is 1. The van der Waals surface area contributed by atoms with E-state index in [-0.39, 0.29) is 0 Å². The average Bonchev–Trinajstić information content (AvgIpc) is 2.86. The fourth-order valence-corrected chi connectivity index (χ4v) is 1.68. The van der Waals surface area contributed by atoms with E-state index in [1.54, 1.807) is 7.11 Å². The van der Waals surface area contributed by atoms with Crippen molar-refractivity contribution in [2.45, 2.75) is 13.0 Å². The van der Waals surface area contributed by atoms with Gasteiger partial charge in [-0.05, 0) is 17.5 Å². The van der Waals surface area contributed by atoms with Crippen molar-refractivity contribution in [1.29, 1.82) is 0 Å². The maximum Gasteiger partial charge on any atom is 0.120 e. The highest BCUT2D eigenvalue weighted by Gasteiger charge is 2.02. The van der Waals surface area contributed by atoms with Crippen molar-refractivity contribution in [2.24, 2.45) is 5.73 Å². The molecular formula is C13H17N3O. The summed E-state index contributed by atoms with van der Waals surface area (Å²) in [7, 11) is 1.72. The molecule has 4 heteroatoms. The Morgan fingerprint density at radius 2 is 2.06 bits per heavy atom. The molecule has 0 spiro atoms. The summed E-state index contributed by atoms with van der Waals surface area (Å²) in [5.74, 6) is 0.809. The molecule has 0 radical (unpaired) electrons. The Morgan fingerprint density at radius 3 is 2.65 bits per heavy atom. The van der Waals surface area contributed by atoms with E-state index in [0.717, 1.165) is 30.1 Å². The minimum atomic E-state index is 0.436. The van der Waals surface area contributed by atoms with E-state index in [9.17, 15) is 0 Å². The monoisotopic (exact) mass is 231 g/mol. The number of hydrogen-bond donors (Lipinski definition) is 2. The topological polar surface area (TPSA) is 63.9 Å². The molecule has 0 amide bonds. The Balaban J connectivity index is 2.11. The number of ether oxygens (including phenoxy) is 1. The lowest BCUT2D eigenvalue weighted by Gasteiger charge is -2.02. The van der Waals surface area contributed by atoms with Gasteiger partial charge < -0.3 is 15.5 Å². The Bertz CT molecular complexity index is 462. The molecule has 0 unspecified atom stereocenters. The van der Waals surface area contributed by atoms with Crippen molar-refractivity contribution < 1.29 is 4.74 Å². The van der Waals surface area contributed by atoms with Crippen LogP contribution >= 0.6 is 0 Å². The number of aromatic nitrogens is 2. The smallest absolute Gasteiger partial charge is 0.120 e. The third-order valence-electron chi connectivity index (χ3n) is 2.68. The molecule has 2 aromatic rings. The molecule has 0 aliphatic carbocycles. The van der Waals surface area contributed by atoms with Crippen LogP contribution in [0.1, 0.15) is 11.4 Å². The second kappa shape index (κ2) is 5.61. The number of methoxy groups -OCH3 is 1. The average molecular weight is 231 g/mol. The van der Waals surface area contributed by atoms with Gasteiger partial charge in [-0.15, -0.1) is 0 Å². The van der Waals surface area contributed by atoms with Gasteiger partial charge in [0.15, 0.2) is 0 Å². The summed E-state index contributed by atoms with van der Waals surface area (Å²) in [6.45, 7) is 1.19. The maximum atomic E-state index is 5.51. The highest BCUT2D eigenvalue weighted by molar-refractivity contribution is 5.58. The second-order valence-corrected chi connectivity index (χ2v) is 3.89. The predicted molar refractivity (Wildman–Crippen MR) is 67.5 cm³/mol. The second-order valence-electron chi connectivity index (χ2n) is 3.89. The molecule has 3 N–H and O–H groups in total. The molecular weight excluding hydrogens is 214 g/mol. The number of nitrogens with one attached hydrogen (secondary N) is 1. The number of aromatic amines is 1. The van der Waals surface area contributed by atoms with E-state index in [0.29, 0.717) is 6.54 Å². The Labute approximate surface area is 101 Å². The standard InChI is InChI=1S/C13H17N3O/c1-17-7-6-10-2-4-11(5-3-10)12-9-15-13(8-14)16-12/h2-5,9H,6-8,14H2,1H3,(H,15,16). The highest BCUT2D eigenvalue weighted by Crippen LogP contribution is 2.17. The molecule has 90 valence electrons. The summed E-state index contributed by atoms with van der Waals surface area (Å²) in [4.78, 5) is 7.36. The van der Waals surface area contributed by atoms with E-state index in [4.69, 9.17) is 10.5 Å². The molecule has 4 nitrogen and oxygen atoms in total. The summed E-state index contributed by atoms with van der Waals surface area (Å²) in [5.41, 5.74) is 8.91.